The quantitative estimate of drug-likeness (QED) is 0.346. The third-order valence-corrected chi connectivity index (χ3v) is 6.37. The Kier molecular flexibility index (Phi) is 6.09. The van der Waals surface area contributed by atoms with E-state index >= 15 is 0 Å². The summed E-state index contributed by atoms with van der Waals surface area (Å²) in [5.74, 6) is 3.75. The zero-order valence-electron chi connectivity index (χ0n) is 17.5. The van der Waals surface area contributed by atoms with Gasteiger partial charge in [-0.05, 0) is 36.8 Å². The SMILES string of the molecule is CC(c1ccccc1C#CCN)n1ncc2cc(S(=O)(=O)Nc3cccc(F)n3)c(F)cc21. The summed E-state index contributed by atoms with van der Waals surface area (Å²) in [4.78, 5) is 2.86. The number of hydrogen-bond acceptors (Lipinski definition) is 5. The van der Waals surface area contributed by atoms with Crippen molar-refractivity contribution in [2.24, 2.45) is 5.73 Å². The lowest BCUT2D eigenvalue weighted by molar-refractivity contribution is 0.564. The molecule has 2 aromatic carbocycles. The van der Waals surface area contributed by atoms with Gasteiger partial charge < -0.3 is 5.73 Å². The van der Waals surface area contributed by atoms with Crippen molar-refractivity contribution < 1.29 is 17.2 Å². The Labute approximate surface area is 189 Å². The number of halogens is 2. The topological polar surface area (TPSA) is 103 Å². The van der Waals surface area contributed by atoms with Gasteiger partial charge in [-0.2, -0.15) is 9.49 Å². The van der Waals surface area contributed by atoms with Gasteiger partial charge in [-0.15, -0.1) is 0 Å². The van der Waals surface area contributed by atoms with E-state index in [1.807, 2.05) is 31.2 Å². The molecule has 4 rings (SSSR count). The first kappa shape index (κ1) is 22.4. The van der Waals surface area contributed by atoms with E-state index in [9.17, 15) is 17.2 Å². The molecule has 0 aliphatic rings. The van der Waals surface area contributed by atoms with Gasteiger partial charge in [-0.25, -0.2) is 17.8 Å². The Morgan fingerprint density at radius 2 is 1.94 bits per heavy atom. The highest BCUT2D eigenvalue weighted by Crippen LogP contribution is 2.29. The van der Waals surface area contributed by atoms with E-state index in [-0.39, 0.29) is 18.4 Å². The lowest BCUT2D eigenvalue weighted by atomic mass is 10.0. The zero-order chi connectivity index (χ0) is 23.6. The molecule has 2 heterocycles. The number of nitrogens with zero attached hydrogens (tertiary/aromatic N) is 3. The molecule has 4 aromatic rings. The van der Waals surface area contributed by atoms with Gasteiger partial charge in [0.15, 0.2) is 0 Å². The van der Waals surface area contributed by atoms with Crippen LogP contribution < -0.4 is 10.5 Å². The Balaban J connectivity index is 1.73. The molecule has 0 amide bonds. The van der Waals surface area contributed by atoms with E-state index in [0.29, 0.717) is 10.9 Å². The molecule has 1 atom stereocenters. The minimum Gasteiger partial charge on any atom is -0.320 e. The second kappa shape index (κ2) is 8.97. The zero-order valence-corrected chi connectivity index (χ0v) is 18.3. The Bertz CT molecular complexity index is 1510. The van der Waals surface area contributed by atoms with Gasteiger partial charge in [0, 0.05) is 17.0 Å². The minimum atomic E-state index is -4.35. The number of aromatic nitrogens is 3. The van der Waals surface area contributed by atoms with Gasteiger partial charge in [0.2, 0.25) is 5.95 Å². The Morgan fingerprint density at radius 3 is 2.70 bits per heavy atom. The molecule has 168 valence electrons. The third kappa shape index (κ3) is 4.55. The highest BCUT2D eigenvalue weighted by molar-refractivity contribution is 7.92. The number of nitrogens with two attached hydrogens (primary N) is 1. The van der Waals surface area contributed by atoms with Gasteiger partial charge in [0.05, 0.1) is 24.3 Å². The molecule has 0 spiro atoms. The number of fused-ring (bicyclic) bond motifs is 1. The first-order valence-electron chi connectivity index (χ1n) is 9.90. The molecule has 33 heavy (non-hydrogen) atoms. The number of nitrogens with one attached hydrogen (secondary N) is 1. The van der Waals surface area contributed by atoms with Crippen LogP contribution in [0.4, 0.5) is 14.6 Å². The van der Waals surface area contributed by atoms with Gasteiger partial charge >= 0.3 is 0 Å². The van der Waals surface area contributed by atoms with Gasteiger partial charge in [0.1, 0.15) is 16.5 Å². The van der Waals surface area contributed by atoms with Crippen molar-refractivity contribution in [3.8, 4) is 11.8 Å². The van der Waals surface area contributed by atoms with Crippen LogP contribution >= 0.6 is 0 Å². The molecule has 3 N–H and O–H groups in total. The van der Waals surface area contributed by atoms with E-state index in [2.05, 4.69) is 26.6 Å². The van der Waals surface area contributed by atoms with Crippen LogP contribution in [0.15, 0.2) is 65.7 Å². The summed E-state index contributed by atoms with van der Waals surface area (Å²) in [6, 6.07) is 13.1. The second-order valence-corrected chi connectivity index (χ2v) is 8.80. The summed E-state index contributed by atoms with van der Waals surface area (Å²) in [6.45, 7) is 2.10. The molecule has 0 fully saturated rings. The maximum Gasteiger partial charge on any atom is 0.265 e. The van der Waals surface area contributed by atoms with E-state index in [1.54, 1.807) is 4.68 Å². The molecule has 7 nitrogen and oxygen atoms in total. The molecule has 10 heteroatoms. The lowest BCUT2D eigenvalue weighted by Gasteiger charge is -2.16. The predicted octanol–water partition coefficient (Wildman–Crippen LogP) is 3.43. The normalized spacial score (nSPS) is 12.2. The Morgan fingerprint density at radius 1 is 1.15 bits per heavy atom. The maximum absolute atomic E-state index is 15.0. The van der Waals surface area contributed by atoms with Crippen LogP contribution in [0.5, 0.6) is 0 Å². The van der Waals surface area contributed by atoms with Gasteiger partial charge in [-0.3, -0.25) is 9.40 Å². The van der Waals surface area contributed by atoms with Crippen molar-refractivity contribution >= 4 is 26.7 Å². The van der Waals surface area contributed by atoms with Gasteiger partial charge in [0.25, 0.3) is 10.0 Å². The summed E-state index contributed by atoms with van der Waals surface area (Å²) in [7, 11) is -4.35. The summed E-state index contributed by atoms with van der Waals surface area (Å²) in [5.41, 5.74) is 7.52. The number of hydrogen-bond donors (Lipinski definition) is 2. The van der Waals surface area contributed by atoms with Crippen molar-refractivity contribution in [3.05, 3.63) is 83.7 Å². The molecule has 1 unspecified atom stereocenters. The standard InChI is InChI=1S/C23H19F2N5O2S/c1-15(18-8-3-2-6-16(18)7-5-11-26)30-20-13-19(24)21(12-17(20)14-27-30)33(31,32)29-23-10-4-9-22(25)28-23/h2-4,6,8-10,12-15H,11,26H2,1H3,(H,28,29). The summed E-state index contributed by atoms with van der Waals surface area (Å²) < 4.78 is 57.4. The number of anilines is 1. The van der Waals surface area contributed by atoms with Crippen LogP contribution in [0.2, 0.25) is 0 Å². The number of benzene rings is 2. The molecule has 0 aliphatic heterocycles. The summed E-state index contributed by atoms with van der Waals surface area (Å²) in [5, 5.41) is 4.77. The minimum absolute atomic E-state index is 0.217. The van der Waals surface area contributed by atoms with Crippen molar-refractivity contribution in [1.82, 2.24) is 14.8 Å². The average Bonchev–Trinajstić information content (AvgIpc) is 3.19. The van der Waals surface area contributed by atoms with Crippen molar-refractivity contribution in [2.75, 3.05) is 11.3 Å². The molecule has 0 bridgehead atoms. The van der Waals surface area contributed by atoms with Crippen LogP contribution in [0, 0.1) is 23.6 Å². The van der Waals surface area contributed by atoms with Crippen molar-refractivity contribution in [1.29, 1.82) is 0 Å². The number of sulfonamides is 1. The van der Waals surface area contributed by atoms with E-state index < -0.39 is 26.7 Å². The van der Waals surface area contributed by atoms with E-state index in [0.717, 1.165) is 23.3 Å². The maximum atomic E-state index is 15.0. The van der Waals surface area contributed by atoms with Crippen molar-refractivity contribution in [2.45, 2.75) is 17.9 Å². The van der Waals surface area contributed by atoms with Crippen LogP contribution in [-0.2, 0) is 10.0 Å². The largest absolute Gasteiger partial charge is 0.320 e. The fourth-order valence-electron chi connectivity index (χ4n) is 3.47. The fourth-order valence-corrected chi connectivity index (χ4v) is 4.57. The highest BCUT2D eigenvalue weighted by Gasteiger charge is 2.23. The molecule has 0 radical (unpaired) electrons. The number of pyridine rings is 1. The smallest absolute Gasteiger partial charge is 0.265 e. The van der Waals surface area contributed by atoms with Crippen LogP contribution in [-0.4, -0.2) is 29.7 Å². The monoisotopic (exact) mass is 467 g/mol. The second-order valence-electron chi connectivity index (χ2n) is 7.15. The molecular weight excluding hydrogens is 448 g/mol. The highest BCUT2D eigenvalue weighted by atomic mass is 32.2. The van der Waals surface area contributed by atoms with Crippen LogP contribution in [0.25, 0.3) is 10.9 Å². The summed E-state index contributed by atoms with van der Waals surface area (Å²) >= 11 is 0. The average molecular weight is 468 g/mol. The van der Waals surface area contributed by atoms with Crippen LogP contribution in [0.3, 0.4) is 0 Å². The number of rotatable bonds is 5. The Hall–Kier alpha value is -3.81. The lowest BCUT2D eigenvalue weighted by Crippen LogP contribution is -2.16. The van der Waals surface area contributed by atoms with Crippen LogP contribution in [0.1, 0.15) is 24.1 Å². The first-order valence-corrected chi connectivity index (χ1v) is 11.4. The third-order valence-electron chi connectivity index (χ3n) is 5.00. The molecule has 0 aliphatic carbocycles. The fraction of sp³-hybridized carbons (Fsp3) is 0.130. The predicted molar refractivity (Wildman–Crippen MR) is 121 cm³/mol. The summed E-state index contributed by atoms with van der Waals surface area (Å²) in [6.07, 6.45) is 1.46. The van der Waals surface area contributed by atoms with Crippen molar-refractivity contribution in [3.63, 3.8) is 0 Å². The van der Waals surface area contributed by atoms with Gasteiger partial charge in [-0.1, -0.05) is 36.1 Å². The molecule has 0 saturated carbocycles. The first-order chi connectivity index (χ1) is 15.8. The van der Waals surface area contributed by atoms with E-state index in [1.165, 1.54) is 24.4 Å². The molecular formula is C23H19F2N5O2S. The van der Waals surface area contributed by atoms with E-state index in [4.69, 9.17) is 5.73 Å². The molecule has 0 saturated heterocycles. The molecule has 2 aromatic heterocycles.